The first-order valence-electron chi connectivity index (χ1n) is 12.5. The lowest BCUT2D eigenvalue weighted by atomic mass is 9.97. The van der Waals surface area contributed by atoms with Gasteiger partial charge in [0.25, 0.3) is 0 Å². The molecule has 0 rings (SSSR count). The van der Waals surface area contributed by atoms with Crippen LogP contribution in [0.3, 0.4) is 0 Å². The minimum atomic E-state index is 0.834. The van der Waals surface area contributed by atoms with E-state index in [0.29, 0.717) is 0 Å². The zero-order valence-corrected chi connectivity index (χ0v) is 18.9. The number of unbranched alkanes of at least 4 members (excludes halogenated alkanes) is 17. The van der Waals surface area contributed by atoms with Crippen molar-refractivity contribution < 1.29 is 0 Å². The molecule has 0 heteroatoms. The highest BCUT2D eigenvalue weighted by atomic mass is 14.1. The Hall–Kier alpha value is -0.260. The Morgan fingerprint density at radius 1 is 0.500 bits per heavy atom. The molecule has 0 saturated carbocycles. The molecule has 0 N–H and O–H groups in total. The molecule has 0 aliphatic rings. The largest absolute Gasteiger partial charge is 0.0914 e. The molecule has 0 spiro atoms. The average Bonchev–Trinajstić information content (AvgIpc) is 2.66. The highest BCUT2D eigenvalue weighted by Gasteiger charge is 2.01. The summed E-state index contributed by atoms with van der Waals surface area (Å²) in [6.07, 6.45) is 33.7. The van der Waals surface area contributed by atoms with E-state index in [2.05, 4.69) is 32.9 Å². The fourth-order valence-electron chi connectivity index (χ4n) is 4.02. The van der Waals surface area contributed by atoms with Crippen LogP contribution in [0.2, 0.25) is 0 Å². The second kappa shape index (κ2) is 22.8. The zero-order chi connectivity index (χ0) is 19.1. The molecule has 0 nitrogen and oxygen atoms in total. The number of allylic oxidation sites excluding steroid dienone is 2. The van der Waals surface area contributed by atoms with Gasteiger partial charge in [-0.05, 0) is 25.7 Å². The van der Waals surface area contributed by atoms with Gasteiger partial charge in [-0.3, -0.25) is 0 Å². The van der Waals surface area contributed by atoms with Gasteiger partial charge in [-0.2, -0.15) is 0 Å². The Morgan fingerprint density at radius 2 is 0.846 bits per heavy atom. The zero-order valence-electron chi connectivity index (χ0n) is 18.9. The van der Waals surface area contributed by atoms with Crippen LogP contribution in [-0.4, -0.2) is 0 Å². The smallest absolute Gasteiger partial charge is 0.0236 e. The second-order valence-corrected chi connectivity index (χ2v) is 8.49. The molecule has 0 saturated heterocycles. The molecule has 0 heterocycles. The van der Waals surface area contributed by atoms with E-state index in [-0.39, 0.29) is 0 Å². The van der Waals surface area contributed by atoms with Crippen molar-refractivity contribution in [1.29, 1.82) is 0 Å². The van der Waals surface area contributed by atoms with Crippen molar-refractivity contribution in [2.45, 2.75) is 149 Å². The van der Waals surface area contributed by atoms with Crippen molar-refractivity contribution in [3.63, 3.8) is 0 Å². The lowest BCUT2D eigenvalue weighted by Gasteiger charge is -2.09. The first kappa shape index (κ1) is 25.7. The maximum absolute atomic E-state index is 2.40. The van der Waals surface area contributed by atoms with Gasteiger partial charge in [0.2, 0.25) is 0 Å². The highest BCUT2D eigenvalue weighted by molar-refractivity contribution is 4.84. The van der Waals surface area contributed by atoms with Crippen LogP contribution >= 0.6 is 0 Å². The molecule has 0 aromatic carbocycles. The topological polar surface area (TPSA) is 0 Å². The van der Waals surface area contributed by atoms with Gasteiger partial charge in [0.05, 0.1) is 0 Å². The third-order valence-electron chi connectivity index (χ3n) is 5.92. The van der Waals surface area contributed by atoms with Crippen LogP contribution < -0.4 is 0 Å². The third kappa shape index (κ3) is 20.1. The van der Waals surface area contributed by atoms with Crippen LogP contribution in [0.4, 0.5) is 0 Å². The van der Waals surface area contributed by atoms with Crippen molar-refractivity contribution >= 4 is 0 Å². The fourth-order valence-corrected chi connectivity index (χ4v) is 4.02. The second-order valence-electron chi connectivity index (χ2n) is 8.49. The molecule has 1 unspecified atom stereocenters. The maximum atomic E-state index is 2.40. The summed E-state index contributed by atoms with van der Waals surface area (Å²) in [4.78, 5) is 0. The van der Waals surface area contributed by atoms with Crippen LogP contribution in [0.15, 0.2) is 12.2 Å². The molecule has 156 valence electrons. The van der Waals surface area contributed by atoms with Crippen molar-refractivity contribution in [3.8, 4) is 0 Å². The molecular weight excluding hydrogens is 312 g/mol. The van der Waals surface area contributed by atoms with Gasteiger partial charge in [0.1, 0.15) is 0 Å². The van der Waals surface area contributed by atoms with E-state index in [1.165, 1.54) is 128 Å². The van der Waals surface area contributed by atoms with Gasteiger partial charge in [0, 0.05) is 0 Å². The minimum absolute atomic E-state index is 0.834. The number of hydrogen-bond acceptors (Lipinski definition) is 0. The van der Waals surface area contributed by atoms with E-state index in [9.17, 15) is 0 Å². The highest BCUT2D eigenvalue weighted by Crippen LogP contribution is 2.17. The SMILES string of the molecule is CC=CC(CC)CCCCCCCCCCCCCCCCCCCC. The summed E-state index contributed by atoms with van der Waals surface area (Å²) in [5, 5.41) is 0. The van der Waals surface area contributed by atoms with Gasteiger partial charge in [-0.15, -0.1) is 0 Å². The van der Waals surface area contributed by atoms with Gasteiger partial charge >= 0.3 is 0 Å². The van der Waals surface area contributed by atoms with Crippen LogP contribution in [0.1, 0.15) is 149 Å². The summed E-state index contributed by atoms with van der Waals surface area (Å²) in [7, 11) is 0. The molecule has 0 radical (unpaired) electrons. The molecule has 0 aromatic heterocycles. The molecule has 1 atom stereocenters. The van der Waals surface area contributed by atoms with Crippen molar-refractivity contribution in [1.82, 2.24) is 0 Å². The molecule has 0 aliphatic carbocycles. The Labute approximate surface area is 167 Å². The van der Waals surface area contributed by atoms with E-state index in [0.717, 1.165) is 5.92 Å². The van der Waals surface area contributed by atoms with Gasteiger partial charge < -0.3 is 0 Å². The number of rotatable bonds is 21. The predicted octanol–water partition coefficient (Wildman–Crippen LogP) is 10.0. The fraction of sp³-hybridized carbons (Fsp3) is 0.923. The summed E-state index contributed by atoms with van der Waals surface area (Å²) in [5.74, 6) is 0.834. The standard InChI is InChI=1S/C26H52/c1-4-7-8-9-10-11-12-13-14-15-16-17-18-19-20-21-22-23-25-26(6-3)24-5-2/h5,24,26H,4,6-23,25H2,1-3H3. The van der Waals surface area contributed by atoms with Crippen molar-refractivity contribution in [2.24, 2.45) is 5.92 Å². The molecular formula is C26H52. The molecule has 0 bridgehead atoms. The summed E-state index contributed by atoms with van der Waals surface area (Å²) in [5.41, 5.74) is 0. The Kier molecular flexibility index (Phi) is 22.6. The summed E-state index contributed by atoms with van der Waals surface area (Å²) in [6, 6.07) is 0. The minimum Gasteiger partial charge on any atom is -0.0914 e. The summed E-state index contributed by atoms with van der Waals surface area (Å²) < 4.78 is 0. The molecule has 26 heavy (non-hydrogen) atoms. The first-order chi connectivity index (χ1) is 12.8. The van der Waals surface area contributed by atoms with Crippen molar-refractivity contribution in [3.05, 3.63) is 12.2 Å². The lowest BCUT2D eigenvalue weighted by Crippen LogP contribution is -1.94. The van der Waals surface area contributed by atoms with Gasteiger partial charge in [-0.25, -0.2) is 0 Å². The average molecular weight is 365 g/mol. The maximum Gasteiger partial charge on any atom is -0.0236 e. The van der Waals surface area contributed by atoms with Crippen LogP contribution in [0.5, 0.6) is 0 Å². The van der Waals surface area contributed by atoms with E-state index in [1.54, 1.807) is 0 Å². The van der Waals surface area contributed by atoms with Crippen LogP contribution in [0.25, 0.3) is 0 Å². The Balaban J connectivity index is 3.09. The molecule has 0 aromatic rings. The molecule has 0 aliphatic heterocycles. The quantitative estimate of drug-likeness (QED) is 0.140. The monoisotopic (exact) mass is 364 g/mol. The van der Waals surface area contributed by atoms with Crippen LogP contribution in [0, 0.1) is 5.92 Å². The van der Waals surface area contributed by atoms with E-state index in [1.807, 2.05) is 0 Å². The third-order valence-corrected chi connectivity index (χ3v) is 5.92. The van der Waals surface area contributed by atoms with E-state index in [4.69, 9.17) is 0 Å². The normalized spacial score (nSPS) is 12.9. The van der Waals surface area contributed by atoms with E-state index < -0.39 is 0 Å². The Morgan fingerprint density at radius 3 is 1.15 bits per heavy atom. The lowest BCUT2D eigenvalue weighted by molar-refractivity contribution is 0.498. The molecule has 0 amide bonds. The predicted molar refractivity (Wildman–Crippen MR) is 122 cm³/mol. The summed E-state index contributed by atoms with van der Waals surface area (Å²) >= 11 is 0. The van der Waals surface area contributed by atoms with E-state index >= 15 is 0 Å². The van der Waals surface area contributed by atoms with Gasteiger partial charge in [0.15, 0.2) is 0 Å². The van der Waals surface area contributed by atoms with Crippen LogP contribution in [-0.2, 0) is 0 Å². The Bertz CT molecular complexity index is 265. The van der Waals surface area contributed by atoms with Gasteiger partial charge in [-0.1, -0.05) is 142 Å². The number of hydrogen-bond donors (Lipinski definition) is 0. The molecule has 0 fully saturated rings. The van der Waals surface area contributed by atoms with Crippen molar-refractivity contribution in [2.75, 3.05) is 0 Å². The summed E-state index contributed by atoms with van der Waals surface area (Å²) in [6.45, 7) is 6.77. The first-order valence-corrected chi connectivity index (χ1v) is 12.5.